The largest absolute Gasteiger partial charge is 0.504 e. The maximum Gasteiger partial charge on any atom is 0.271 e. The molecule has 0 atom stereocenters. The van der Waals surface area contributed by atoms with Crippen LogP contribution in [0.2, 0.25) is 0 Å². The van der Waals surface area contributed by atoms with Gasteiger partial charge in [0, 0.05) is 5.56 Å². The van der Waals surface area contributed by atoms with Gasteiger partial charge in [0.15, 0.2) is 11.5 Å². The van der Waals surface area contributed by atoms with E-state index in [-0.39, 0.29) is 17.1 Å². The summed E-state index contributed by atoms with van der Waals surface area (Å²) in [6.07, 6.45) is 1.52. The Morgan fingerprint density at radius 2 is 1.92 bits per heavy atom. The van der Waals surface area contributed by atoms with Crippen molar-refractivity contribution in [2.24, 2.45) is 5.10 Å². The molecule has 0 saturated carbocycles. The number of nitrogens with zero attached hydrogens (tertiary/aromatic N) is 1. The molecule has 26 heavy (non-hydrogen) atoms. The highest BCUT2D eigenvalue weighted by Gasteiger charge is 2.14. The van der Waals surface area contributed by atoms with E-state index in [2.05, 4.69) is 31.3 Å². The highest BCUT2D eigenvalue weighted by Crippen LogP contribution is 2.32. The summed E-state index contributed by atoms with van der Waals surface area (Å²) in [5.41, 5.74) is 4.99. The predicted molar refractivity (Wildman–Crippen MR) is 112 cm³/mol. The number of carbonyl (C=O) groups is 1. The van der Waals surface area contributed by atoms with Gasteiger partial charge in [0.1, 0.15) is 0 Å². The molecular weight excluding hydrogens is 443 g/mol. The summed E-state index contributed by atoms with van der Waals surface area (Å²) < 4.78 is 6.04. The molecule has 138 valence electrons. The number of carbonyl (C=O) groups excluding carboxylic acids is 1. The second-order valence-electron chi connectivity index (χ2n) is 6.81. The standard InChI is InChI=1S/C20H23IN2O3/c1-5-26-17-11-13(10-16(21)18(17)24)12-22-23-19(25)14-6-8-15(9-7-14)20(2,3)4/h6-12,24H,5H2,1-4H3,(H,23,25)/b22-12+. The van der Waals surface area contributed by atoms with Crippen molar-refractivity contribution in [1.29, 1.82) is 0 Å². The van der Waals surface area contributed by atoms with Gasteiger partial charge in [-0.3, -0.25) is 4.79 Å². The van der Waals surface area contributed by atoms with Crippen molar-refractivity contribution < 1.29 is 14.6 Å². The predicted octanol–water partition coefficient (Wildman–Crippen LogP) is 4.46. The lowest BCUT2D eigenvalue weighted by Crippen LogP contribution is -2.18. The highest BCUT2D eigenvalue weighted by atomic mass is 127. The first-order valence-corrected chi connectivity index (χ1v) is 9.39. The summed E-state index contributed by atoms with van der Waals surface area (Å²) in [6, 6.07) is 10.9. The van der Waals surface area contributed by atoms with Crippen LogP contribution in [0.3, 0.4) is 0 Å². The van der Waals surface area contributed by atoms with Crippen LogP contribution in [-0.2, 0) is 5.41 Å². The fraction of sp³-hybridized carbons (Fsp3) is 0.300. The van der Waals surface area contributed by atoms with Gasteiger partial charge in [-0.25, -0.2) is 5.43 Å². The van der Waals surface area contributed by atoms with E-state index in [4.69, 9.17) is 4.74 Å². The molecule has 0 aromatic heterocycles. The van der Waals surface area contributed by atoms with Gasteiger partial charge in [0.05, 0.1) is 16.4 Å². The molecule has 2 rings (SSSR count). The molecule has 5 nitrogen and oxygen atoms in total. The molecule has 2 N–H and O–H groups in total. The monoisotopic (exact) mass is 466 g/mol. The molecule has 0 heterocycles. The molecule has 0 saturated heterocycles. The van der Waals surface area contributed by atoms with Crippen LogP contribution in [0.1, 0.15) is 49.2 Å². The number of benzene rings is 2. The summed E-state index contributed by atoms with van der Waals surface area (Å²) in [7, 11) is 0. The Bertz CT molecular complexity index is 809. The van der Waals surface area contributed by atoms with Crippen LogP contribution in [0.25, 0.3) is 0 Å². The third-order valence-corrected chi connectivity index (χ3v) is 4.57. The van der Waals surface area contributed by atoms with Crippen molar-refractivity contribution in [2.45, 2.75) is 33.1 Å². The number of ether oxygens (including phenoxy) is 1. The minimum absolute atomic E-state index is 0.0431. The molecule has 1 amide bonds. The molecule has 0 spiro atoms. The Labute approximate surface area is 167 Å². The number of hydrogen-bond acceptors (Lipinski definition) is 4. The Morgan fingerprint density at radius 1 is 1.27 bits per heavy atom. The van der Waals surface area contributed by atoms with Crippen molar-refractivity contribution in [1.82, 2.24) is 5.43 Å². The van der Waals surface area contributed by atoms with E-state index < -0.39 is 0 Å². The first-order chi connectivity index (χ1) is 12.2. The van der Waals surface area contributed by atoms with E-state index in [1.165, 1.54) is 11.8 Å². The van der Waals surface area contributed by atoms with Crippen molar-refractivity contribution in [3.8, 4) is 11.5 Å². The Morgan fingerprint density at radius 3 is 2.50 bits per heavy atom. The zero-order valence-corrected chi connectivity index (χ0v) is 17.5. The molecule has 2 aromatic carbocycles. The number of halogens is 1. The van der Waals surface area contributed by atoms with Gasteiger partial charge in [-0.1, -0.05) is 32.9 Å². The molecule has 2 aromatic rings. The van der Waals surface area contributed by atoms with Crippen LogP contribution in [-0.4, -0.2) is 23.8 Å². The van der Waals surface area contributed by atoms with Gasteiger partial charge in [0.25, 0.3) is 5.91 Å². The van der Waals surface area contributed by atoms with Crippen LogP contribution >= 0.6 is 22.6 Å². The van der Waals surface area contributed by atoms with E-state index in [1.807, 2.05) is 41.6 Å². The number of rotatable bonds is 5. The Balaban J connectivity index is 2.07. The Hall–Kier alpha value is -2.09. The first kappa shape index (κ1) is 20.2. The van der Waals surface area contributed by atoms with E-state index in [1.54, 1.807) is 24.3 Å². The van der Waals surface area contributed by atoms with Crippen LogP contribution in [0, 0.1) is 3.57 Å². The van der Waals surface area contributed by atoms with Crippen LogP contribution in [0.5, 0.6) is 11.5 Å². The fourth-order valence-corrected chi connectivity index (χ4v) is 2.91. The zero-order valence-electron chi connectivity index (χ0n) is 15.3. The van der Waals surface area contributed by atoms with Crippen LogP contribution in [0.15, 0.2) is 41.5 Å². The van der Waals surface area contributed by atoms with Gasteiger partial charge in [0.2, 0.25) is 0 Å². The molecule has 0 fully saturated rings. The lowest BCUT2D eigenvalue weighted by atomic mass is 9.87. The number of phenols is 1. The van der Waals surface area contributed by atoms with Crippen LogP contribution in [0.4, 0.5) is 0 Å². The lowest BCUT2D eigenvalue weighted by Gasteiger charge is -2.18. The summed E-state index contributed by atoms with van der Waals surface area (Å²) in [5, 5.41) is 13.9. The topological polar surface area (TPSA) is 70.9 Å². The van der Waals surface area contributed by atoms with Gasteiger partial charge < -0.3 is 9.84 Å². The summed E-state index contributed by atoms with van der Waals surface area (Å²) in [5.74, 6) is 0.220. The minimum Gasteiger partial charge on any atom is -0.504 e. The number of amides is 1. The molecule has 0 unspecified atom stereocenters. The fourth-order valence-electron chi connectivity index (χ4n) is 2.29. The second-order valence-corrected chi connectivity index (χ2v) is 7.97. The molecule has 0 aliphatic heterocycles. The molecule has 0 bridgehead atoms. The molecular formula is C20H23IN2O3. The normalized spacial score (nSPS) is 11.6. The van der Waals surface area contributed by atoms with Gasteiger partial charge in [-0.05, 0) is 70.3 Å². The van der Waals surface area contributed by atoms with Gasteiger partial charge in [-0.2, -0.15) is 5.10 Å². The maximum atomic E-state index is 12.2. The number of phenolic OH excluding ortho intramolecular Hbond substituents is 1. The zero-order chi connectivity index (χ0) is 19.3. The van der Waals surface area contributed by atoms with Crippen molar-refractivity contribution in [2.75, 3.05) is 6.61 Å². The maximum absolute atomic E-state index is 12.2. The third kappa shape index (κ3) is 5.20. The second kappa shape index (κ2) is 8.53. The highest BCUT2D eigenvalue weighted by molar-refractivity contribution is 14.1. The van der Waals surface area contributed by atoms with Crippen molar-refractivity contribution in [3.05, 3.63) is 56.7 Å². The minimum atomic E-state index is -0.278. The van der Waals surface area contributed by atoms with E-state index in [0.717, 1.165) is 5.56 Å². The quantitative estimate of drug-likeness (QED) is 0.389. The van der Waals surface area contributed by atoms with E-state index >= 15 is 0 Å². The summed E-state index contributed by atoms with van der Waals surface area (Å²) in [6.45, 7) is 8.68. The molecule has 0 aliphatic rings. The average Bonchev–Trinajstić information content (AvgIpc) is 2.58. The van der Waals surface area contributed by atoms with Crippen molar-refractivity contribution >= 4 is 34.7 Å². The van der Waals surface area contributed by atoms with Gasteiger partial charge >= 0.3 is 0 Å². The van der Waals surface area contributed by atoms with Gasteiger partial charge in [-0.15, -0.1) is 0 Å². The van der Waals surface area contributed by atoms with Crippen LogP contribution < -0.4 is 10.2 Å². The molecule has 0 radical (unpaired) electrons. The number of nitrogens with one attached hydrogen (secondary N) is 1. The molecule has 0 aliphatic carbocycles. The number of aromatic hydroxyl groups is 1. The van der Waals surface area contributed by atoms with Crippen molar-refractivity contribution in [3.63, 3.8) is 0 Å². The summed E-state index contributed by atoms with van der Waals surface area (Å²) in [4.78, 5) is 12.2. The SMILES string of the molecule is CCOc1cc(/C=N/NC(=O)c2ccc(C(C)(C)C)cc2)cc(I)c1O. The van der Waals surface area contributed by atoms with E-state index in [0.29, 0.717) is 21.5 Å². The number of hydrogen-bond donors (Lipinski definition) is 2. The molecule has 6 heteroatoms. The van der Waals surface area contributed by atoms with E-state index in [9.17, 15) is 9.90 Å². The third-order valence-electron chi connectivity index (χ3n) is 3.74. The number of hydrazone groups is 1. The smallest absolute Gasteiger partial charge is 0.271 e. The Kier molecular flexibility index (Phi) is 6.63. The first-order valence-electron chi connectivity index (χ1n) is 8.31. The summed E-state index contributed by atoms with van der Waals surface area (Å²) >= 11 is 2.02. The average molecular weight is 466 g/mol. The lowest BCUT2D eigenvalue weighted by molar-refractivity contribution is 0.0955.